The highest BCUT2D eigenvalue weighted by atomic mass is 16.3. The molecule has 208 valence electrons. The van der Waals surface area contributed by atoms with Gasteiger partial charge in [-0.1, -0.05) is 123 Å². The minimum absolute atomic E-state index is 0.106. The van der Waals surface area contributed by atoms with Gasteiger partial charge in [-0.25, -0.2) is 0 Å². The number of nitrogens with zero attached hydrogens (tertiary/aromatic N) is 1. The van der Waals surface area contributed by atoms with Gasteiger partial charge in [0, 0.05) is 22.1 Å². The molecule has 1 spiro atoms. The molecule has 44 heavy (non-hydrogen) atoms. The number of benzene rings is 6. The van der Waals surface area contributed by atoms with Crippen LogP contribution in [-0.2, 0) is 10.8 Å². The van der Waals surface area contributed by atoms with E-state index in [0.29, 0.717) is 0 Å². The summed E-state index contributed by atoms with van der Waals surface area (Å²) in [6.45, 7) is 4.69. The van der Waals surface area contributed by atoms with Crippen LogP contribution in [0.3, 0.4) is 0 Å². The van der Waals surface area contributed by atoms with Gasteiger partial charge in [-0.3, -0.25) is 0 Å². The number of fused-ring (bicyclic) bond motifs is 14. The molecule has 0 saturated carbocycles. The molecular weight excluding hydrogens is 534 g/mol. The average molecular weight is 564 g/mol. The highest BCUT2D eigenvalue weighted by Crippen LogP contribution is 2.65. The Kier molecular flexibility index (Phi) is 4.49. The maximum atomic E-state index is 6.96. The van der Waals surface area contributed by atoms with E-state index in [9.17, 15) is 0 Å². The molecule has 0 atom stereocenters. The lowest BCUT2D eigenvalue weighted by Crippen LogP contribution is -2.31. The van der Waals surface area contributed by atoms with Crippen molar-refractivity contribution in [2.45, 2.75) is 24.7 Å². The minimum atomic E-state index is -0.541. The lowest BCUT2D eigenvalue weighted by atomic mass is 9.72. The standard InChI is InChI=1S/C42H29NO/c1-41(2)33-18-8-10-20-36(33)43(37-21-11-9-19-34(37)41)26-23-24-29-35(25-26)42(40-39(29)30-15-5-12-22-38(30)44-40)31-16-6-3-13-27(31)28-14-4-7-17-32(28)42/h3-25H,1-2H3. The Bertz CT molecular complexity index is 2240. The summed E-state index contributed by atoms with van der Waals surface area (Å²) in [7, 11) is 0. The topological polar surface area (TPSA) is 16.4 Å². The summed E-state index contributed by atoms with van der Waals surface area (Å²) in [5, 5.41) is 1.17. The highest BCUT2D eigenvalue weighted by Gasteiger charge is 2.55. The highest BCUT2D eigenvalue weighted by molar-refractivity contribution is 6.05. The van der Waals surface area contributed by atoms with E-state index in [1.54, 1.807) is 0 Å². The van der Waals surface area contributed by atoms with Crippen molar-refractivity contribution in [2.75, 3.05) is 4.90 Å². The van der Waals surface area contributed by atoms with Crippen molar-refractivity contribution < 1.29 is 4.42 Å². The van der Waals surface area contributed by atoms with Crippen LogP contribution in [0.15, 0.2) is 144 Å². The van der Waals surface area contributed by atoms with Crippen LogP contribution < -0.4 is 4.90 Å². The van der Waals surface area contributed by atoms with Crippen LogP contribution >= 0.6 is 0 Å². The van der Waals surface area contributed by atoms with E-state index in [2.05, 4.69) is 158 Å². The zero-order valence-corrected chi connectivity index (χ0v) is 24.6. The molecule has 0 unspecified atom stereocenters. The molecule has 3 aliphatic rings. The summed E-state index contributed by atoms with van der Waals surface area (Å²) in [4.78, 5) is 2.47. The van der Waals surface area contributed by atoms with Gasteiger partial charge in [0.05, 0.1) is 11.4 Å². The number of rotatable bonds is 1. The van der Waals surface area contributed by atoms with Crippen LogP contribution in [0.4, 0.5) is 17.1 Å². The normalized spacial score (nSPS) is 15.8. The van der Waals surface area contributed by atoms with Crippen LogP contribution in [0.1, 0.15) is 47.4 Å². The number of furan rings is 1. The van der Waals surface area contributed by atoms with Gasteiger partial charge in [-0.05, 0) is 74.8 Å². The summed E-state index contributed by atoms with van der Waals surface area (Å²) in [5.41, 5.74) is 15.5. The SMILES string of the molecule is CC1(C)c2ccccc2N(c2ccc3c(c2)C2(c4ccccc4-c4ccccc42)c2oc4ccccc4c2-3)c2ccccc21. The molecule has 7 aromatic rings. The van der Waals surface area contributed by atoms with Crippen molar-refractivity contribution in [1.82, 2.24) is 0 Å². The van der Waals surface area contributed by atoms with Gasteiger partial charge in [0.15, 0.2) is 0 Å². The van der Waals surface area contributed by atoms with E-state index >= 15 is 0 Å². The first-order valence-corrected chi connectivity index (χ1v) is 15.5. The number of hydrogen-bond donors (Lipinski definition) is 0. The second-order valence-corrected chi connectivity index (χ2v) is 12.9. The molecule has 0 radical (unpaired) electrons. The van der Waals surface area contributed by atoms with Gasteiger partial charge < -0.3 is 9.32 Å². The summed E-state index contributed by atoms with van der Waals surface area (Å²) in [5.74, 6) is 1.03. The Morgan fingerprint density at radius 3 is 1.70 bits per heavy atom. The van der Waals surface area contributed by atoms with E-state index in [4.69, 9.17) is 4.42 Å². The quantitative estimate of drug-likeness (QED) is 0.197. The molecule has 0 bridgehead atoms. The average Bonchev–Trinajstić information content (AvgIpc) is 3.68. The number of hydrogen-bond acceptors (Lipinski definition) is 2. The van der Waals surface area contributed by atoms with Gasteiger partial charge in [0.2, 0.25) is 0 Å². The van der Waals surface area contributed by atoms with Gasteiger partial charge in [0.1, 0.15) is 16.8 Å². The monoisotopic (exact) mass is 563 g/mol. The molecule has 0 N–H and O–H groups in total. The molecule has 2 nitrogen and oxygen atoms in total. The van der Waals surface area contributed by atoms with Gasteiger partial charge in [-0.15, -0.1) is 0 Å². The Morgan fingerprint density at radius 1 is 0.500 bits per heavy atom. The van der Waals surface area contributed by atoms with Crippen molar-refractivity contribution in [2.24, 2.45) is 0 Å². The van der Waals surface area contributed by atoms with Crippen molar-refractivity contribution in [3.63, 3.8) is 0 Å². The molecule has 2 aliphatic carbocycles. The second-order valence-electron chi connectivity index (χ2n) is 12.9. The smallest absolute Gasteiger partial charge is 0.135 e. The zero-order chi connectivity index (χ0) is 29.2. The number of anilines is 3. The van der Waals surface area contributed by atoms with Crippen molar-refractivity contribution >= 4 is 28.0 Å². The summed E-state index contributed by atoms with van der Waals surface area (Å²) >= 11 is 0. The van der Waals surface area contributed by atoms with Crippen molar-refractivity contribution in [3.05, 3.63) is 173 Å². The maximum Gasteiger partial charge on any atom is 0.135 e. The van der Waals surface area contributed by atoms with Crippen molar-refractivity contribution in [1.29, 1.82) is 0 Å². The third kappa shape index (κ3) is 2.73. The first-order chi connectivity index (χ1) is 21.6. The van der Waals surface area contributed by atoms with E-state index in [1.807, 2.05) is 0 Å². The minimum Gasteiger partial charge on any atom is -0.459 e. The molecule has 0 amide bonds. The van der Waals surface area contributed by atoms with Crippen LogP contribution in [0.5, 0.6) is 0 Å². The largest absolute Gasteiger partial charge is 0.459 e. The molecule has 0 saturated heterocycles. The molecule has 0 fully saturated rings. The first kappa shape index (κ1) is 24.1. The molecule has 10 rings (SSSR count). The molecule has 1 aliphatic heterocycles. The fourth-order valence-corrected chi connectivity index (χ4v) is 8.62. The second kappa shape index (κ2) is 8.18. The molecule has 2 heterocycles. The lowest BCUT2D eigenvalue weighted by Gasteiger charge is -2.42. The molecule has 6 aromatic carbocycles. The van der Waals surface area contributed by atoms with E-state index in [0.717, 1.165) is 17.0 Å². The van der Waals surface area contributed by atoms with Crippen molar-refractivity contribution in [3.8, 4) is 22.3 Å². The van der Waals surface area contributed by atoms with Crippen LogP contribution in [0, 0.1) is 0 Å². The zero-order valence-electron chi connectivity index (χ0n) is 24.6. The Morgan fingerprint density at radius 2 is 1.05 bits per heavy atom. The number of para-hydroxylation sites is 3. The lowest BCUT2D eigenvalue weighted by molar-refractivity contribution is 0.507. The first-order valence-electron chi connectivity index (χ1n) is 15.5. The fraction of sp³-hybridized carbons (Fsp3) is 0.0952. The van der Waals surface area contributed by atoms with Gasteiger partial charge >= 0.3 is 0 Å². The third-order valence-electron chi connectivity index (χ3n) is 10.5. The van der Waals surface area contributed by atoms with Gasteiger partial charge in [-0.2, -0.15) is 0 Å². The molecule has 2 heteroatoms. The predicted molar refractivity (Wildman–Crippen MR) is 179 cm³/mol. The molecular formula is C42H29NO. The summed E-state index contributed by atoms with van der Waals surface area (Å²) < 4.78 is 6.96. The van der Waals surface area contributed by atoms with E-state index < -0.39 is 5.41 Å². The van der Waals surface area contributed by atoms with Crippen LogP contribution in [0.25, 0.3) is 33.2 Å². The summed E-state index contributed by atoms with van der Waals surface area (Å²) in [6.07, 6.45) is 0. The van der Waals surface area contributed by atoms with Gasteiger partial charge in [0.25, 0.3) is 0 Å². The Hall–Kier alpha value is -5.34. The van der Waals surface area contributed by atoms with E-state index in [1.165, 1.54) is 66.8 Å². The summed E-state index contributed by atoms with van der Waals surface area (Å²) in [6, 6.07) is 51.2. The maximum absolute atomic E-state index is 6.96. The predicted octanol–water partition coefficient (Wildman–Crippen LogP) is 10.9. The molecule has 1 aromatic heterocycles. The van der Waals surface area contributed by atoms with Crippen LogP contribution in [0.2, 0.25) is 0 Å². The fourth-order valence-electron chi connectivity index (χ4n) is 8.62. The Labute approximate surface area is 256 Å². The van der Waals surface area contributed by atoms with Crippen LogP contribution in [-0.4, -0.2) is 0 Å². The Balaban J connectivity index is 1.32. The van der Waals surface area contributed by atoms with E-state index in [-0.39, 0.29) is 5.41 Å². The third-order valence-corrected chi connectivity index (χ3v) is 10.5.